The molecule has 1 unspecified atom stereocenters. The summed E-state index contributed by atoms with van der Waals surface area (Å²) in [5.74, 6) is 0.502. The summed E-state index contributed by atoms with van der Waals surface area (Å²) >= 11 is 1.04. The van der Waals surface area contributed by atoms with Gasteiger partial charge in [-0.2, -0.15) is 0 Å². The summed E-state index contributed by atoms with van der Waals surface area (Å²) in [4.78, 5) is 24.4. The number of nitrogens with two attached hydrogens (primary N) is 1. The minimum Gasteiger partial charge on any atom is -0.320 e. The van der Waals surface area contributed by atoms with Gasteiger partial charge >= 0.3 is 0 Å². The lowest BCUT2D eigenvalue weighted by atomic mass is 10.0. The average Bonchev–Trinajstić information content (AvgIpc) is 2.39. The number of hydrogen-bond donors (Lipinski definition) is 1. The Kier molecular flexibility index (Phi) is 6.59. The van der Waals surface area contributed by atoms with E-state index in [1.54, 1.807) is 4.90 Å². The summed E-state index contributed by atoms with van der Waals surface area (Å²) < 4.78 is 0. The highest BCUT2D eigenvalue weighted by molar-refractivity contribution is 8.11. The number of carbonyl (C=O) groups is 2. The molecule has 0 radical (unpaired) electrons. The summed E-state index contributed by atoms with van der Waals surface area (Å²) in [6, 6.07) is 8.74. The molecule has 0 fully saturated rings. The normalized spacial score (nSPS) is 12.2. The molecule has 0 spiro atoms. The molecule has 0 heterocycles. The Morgan fingerprint density at radius 3 is 2.53 bits per heavy atom. The van der Waals surface area contributed by atoms with Gasteiger partial charge in [-0.15, -0.1) is 0 Å². The van der Waals surface area contributed by atoms with Gasteiger partial charge in [-0.3, -0.25) is 9.59 Å². The lowest BCUT2D eigenvalue weighted by Crippen LogP contribution is -2.44. The summed E-state index contributed by atoms with van der Waals surface area (Å²) in [6.07, 6.45) is 0.633. The molecule has 19 heavy (non-hydrogen) atoms. The summed E-state index contributed by atoms with van der Waals surface area (Å²) in [5.41, 5.74) is 7.44. The van der Waals surface area contributed by atoms with Crippen LogP contribution in [0.25, 0.3) is 0 Å². The second kappa shape index (κ2) is 7.96. The maximum atomic E-state index is 12.4. The summed E-state index contributed by atoms with van der Waals surface area (Å²) in [6.45, 7) is 4.06. The Morgan fingerprint density at radius 1 is 1.37 bits per heavy atom. The molecule has 1 aromatic carbocycles. The van der Waals surface area contributed by atoms with E-state index in [0.717, 1.165) is 23.1 Å². The molecule has 0 bridgehead atoms. The van der Waals surface area contributed by atoms with Gasteiger partial charge < -0.3 is 10.6 Å². The quantitative estimate of drug-likeness (QED) is 0.615. The Hall–Kier alpha value is -1.33. The number of thioether (sulfide) groups is 1. The van der Waals surface area contributed by atoms with Crippen LogP contribution in [0.1, 0.15) is 20.3 Å². The van der Waals surface area contributed by atoms with Gasteiger partial charge in [-0.25, -0.2) is 0 Å². The van der Waals surface area contributed by atoms with Crippen LogP contribution in [0.15, 0.2) is 30.3 Å². The topological polar surface area (TPSA) is 63.4 Å². The molecule has 1 rings (SSSR count). The highest BCUT2D eigenvalue weighted by Crippen LogP contribution is 2.18. The fourth-order valence-electron chi connectivity index (χ4n) is 1.79. The van der Waals surface area contributed by atoms with E-state index in [4.69, 9.17) is 5.73 Å². The highest BCUT2D eigenvalue weighted by atomic mass is 32.2. The minimum atomic E-state index is -0.535. The van der Waals surface area contributed by atoms with Crippen molar-refractivity contribution in [3.05, 3.63) is 30.3 Å². The molecule has 1 atom stereocenters. The van der Waals surface area contributed by atoms with Crippen molar-refractivity contribution < 1.29 is 9.59 Å². The van der Waals surface area contributed by atoms with Gasteiger partial charge in [0.25, 0.3) is 0 Å². The SMILES string of the molecule is CC(C)CC(N)C(=O)N(CSC=O)c1ccccc1. The van der Waals surface area contributed by atoms with Crippen molar-refractivity contribution in [2.45, 2.75) is 26.3 Å². The lowest BCUT2D eigenvalue weighted by Gasteiger charge is -2.25. The fraction of sp³-hybridized carbons (Fsp3) is 0.429. The van der Waals surface area contributed by atoms with Crippen molar-refractivity contribution in [2.24, 2.45) is 11.7 Å². The number of carbonyl (C=O) groups excluding carboxylic acids is 2. The Labute approximate surface area is 118 Å². The number of amides is 1. The van der Waals surface area contributed by atoms with Crippen LogP contribution in [0.3, 0.4) is 0 Å². The molecule has 0 saturated carbocycles. The van der Waals surface area contributed by atoms with Crippen molar-refractivity contribution in [1.29, 1.82) is 0 Å². The van der Waals surface area contributed by atoms with Gasteiger partial charge in [0.15, 0.2) is 5.62 Å². The second-order valence-electron chi connectivity index (χ2n) is 4.73. The van der Waals surface area contributed by atoms with Gasteiger partial charge in [0.05, 0.1) is 11.9 Å². The maximum absolute atomic E-state index is 12.4. The molecular formula is C14H20N2O2S. The zero-order valence-corrected chi connectivity index (χ0v) is 12.1. The number of hydrogen-bond acceptors (Lipinski definition) is 4. The molecule has 0 aliphatic heterocycles. The first kappa shape index (κ1) is 15.7. The van der Waals surface area contributed by atoms with Gasteiger partial charge in [0.1, 0.15) is 0 Å². The predicted molar refractivity (Wildman–Crippen MR) is 80.6 cm³/mol. The molecule has 2 N–H and O–H groups in total. The Balaban J connectivity index is 2.84. The van der Waals surface area contributed by atoms with E-state index in [2.05, 4.69) is 0 Å². The molecule has 4 nitrogen and oxygen atoms in total. The van der Waals surface area contributed by atoms with Crippen molar-refractivity contribution in [3.63, 3.8) is 0 Å². The van der Waals surface area contributed by atoms with E-state index in [1.807, 2.05) is 44.2 Å². The van der Waals surface area contributed by atoms with Crippen molar-refractivity contribution in [2.75, 3.05) is 10.8 Å². The van der Waals surface area contributed by atoms with Crippen LogP contribution < -0.4 is 10.6 Å². The molecule has 1 amide bonds. The summed E-state index contributed by atoms with van der Waals surface area (Å²) in [5, 5.41) is 0. The lowest BCUT2D eigenvalue weighted by molar-refractivity contribution is -0.119. The Morgan fingerprint density at radius 2 is 2.00 bits per heavy atom. The van der Waals surface area contributed by atoms with E-state index in [0.29, 0.717) is 12.3 Å². The molecule has 0 aromatic heterocycles. The first-order valence-corrected chi connectivity index (χ1v) is 7.28. The standard InChI is InChI=1S/C14H20N2O2S/c1-11(2)8-13(15)14(18)16(9-19-10-17)12-6-4-3-5-7-12/h3-7,10-11,13H,8-9,15H2,1-2H3. The van der Waals surface area contributed by atoms with Gasteiger partial charge in [-0.1, -0.05) is 43.8 Å². The zero-order chi connectivity index (χ0) is 14.3. The van der Waals surface area contributed by atoms with Crippen LogP contribution in [-0.2, 0) is 9.59 Å². The molecule has 1 aromatic rings. The maximum Gasteiger partial charge on any atom is 0.244 e. The Bertz CT molecular complexity index is 409. The fourth-order valence-corrected chi connectivity index (χ4v) is 2.27. The van der Waals surface area contributed by atoms with Crippen LogP contribution in [0, 0.1) is 5.92 Å². The van der Waals surface area contributed by atoms with Crippen LogP contribution >= 0.6 is 11.8 Å². The summed E-state index contributed by atoms with van der Waals surface area (Å²) in [7, 11) is 0. The van der Waals surface area contributed by atoms with Crippen molar-refractivity contribution in [1.82, 2.24) is 0 Å². The van der Waals surface area contributed by atoms with Crippen LogP contribution in [-0.4, -0.2) is 23.4 Å². The number of para-hydroxylation sites is 1. The smallest absolute Gasteiger partial charge is 0.244 e. The average molecular weight is 280 g/mol. The molecule has 0 aliphatic carbocycles. The van der Waals surface area contributed by atoms with Crippen LogP contribution in [0.2, 0.25) is 0 Å². The molecule has 0 aliphatic rings. The highest BCUT2D eigenvalue weighted by Gasteiger charge is 2.22. The molecule has 0 saturated heterocycles. The van der Waals surface area contributed by atoms with Gasteiger partial charge in [0, 0.05) is 5.69 Å². The van der Waals surface area contributed by atoms with E-state index in [1.165, 1.54) is 0 Å². The second-order valence-corrected chi connectivity index (χ2v) is 5.51. The van der Waals surface area contributed by atoms with Gasteiger partial charge in [-0.05, 0) is 24.5 Å². The number of benzene rings is 1. The number of nitrogens with zero attached hydrogens (tertiary/aromatic N) is 1. The van der Waals surface area contributed by atoms with Gasteiger partial charge in [0.2, 0.25) is 5.91 Å². The first-order valence-electron chi connectivity index (χ1n) is 6.23. The van der Waals surface area contributed by atoms with E-state index < -0.39 is 6.04 Å². The number of rotatable bonds is 7. The van der Waals surface area contributed by atoms with Crippen LogP contribution in [0.5, 0.6) is 0 Å². The third-order valence-electron chi connectivity index (χ3n) is 2.65. The van der Waals surface area contributed by atoms with E-state index >= 15 is 0 Å². The monoisotopic (exact) mass is 280 g/mol. The van der Waals surface area contributed by atoms with Crippen LogP contribution in [0.4, 0.5) is 5.69 Å². The third kappa shape index (κ3) is 5.04. The molecule has 5 heteroatoms. The first-order chi connectivity index (χ1) is 9.06. The zero-order valence-electron chi connectivity index (χ0n) is 11.3. The third-order valence-corrected chi connectivity index (χ3v) is 3.19. The van der Waals surface area contributed by atoms with Crippen molar-refractivity contribution >= 4 is 29.0 Å². The number of anilines is 1. The molecule has 104 valence electrons. The minimum absolute atomic E-state index is 0.144. The van der Waals surface area contributed by atoms with E-state index in [-0.39, 0.29) is 11.8 Å². The molecular weight excluding hydrogens is 260 g/mol. The largest absolute Gasteiger partial charge is 0.320 e. The van der Waals surface area contributed by atoms with Crippen molar-refractivity contribution in [3.8, 4) is 0 Å². The predicted octanol–water partition coefficient (Wildman–Crippen LogP) is 2.27. The van der Waals surface area contributed by atoms with E-state index in [9.17, 15) is 9.59 Å².